The molecule has 2 aromatic rings. The van der Waals surface area contributed by atoms with Crippen molar-refractivity contribution in [2.75, 3.05) is 5.32 Å². The molecular weight excluding hydrogens is 357 g/mol. The summed E-state index contributed by atoms with van der Waals surface area (Å²) in [6.07, 6.45) is 1.38. The first-order valence-electron chi connectivity index (χ1n) is 7.34. The third-order valence-corrected chi connectivity index (χ3v) is 5.10. The highest BCUT2D eigenvalue weighted by Crippen LogP contribution is 2.25. The van der Waals surface area contributed by atoms with Crippen molar-refractivity contribution in [2.45, 2.75) is 23.8 Å². The maximum Gasteiger partial charge on any atom is 0.255 e. The van der Waals surface area contributed by atoms with Gasteiger partial charge in [-0.15, -0.1) is 0 Å². The molecule has 0 spiro atoms. The number of sulfonamides is 1. The normalized spacial score (nSPS) is 14.4. The van der Waals surface area contributed by atoms with Crippen LogP contribution in [0.5, 0.6) is 0 Å². The van der Waals surface area contributed by atoms with Crippen molar-refractivity contribution < 1.29 is 26.4 Å². The van der Waals surface area contributed by atoms with E-state index in [4.69, 9.17) is 0 Å². The maximum absolute atomic E-state index is 13.9. The highest BCUT2D eigenvalue weighted by Gasteiger charge is 2.30. The first-order valence-corrected chi connectivity index (χ1v) is 8.83. The molecule has 1 aliphatic carbocycles. The molecule has 1 fully saturated rings. The fourth-order valence-corrected chi connectivity index (χ4v) is 3.52. The largest absolute Gasteiger partial charge is 0.322 e. The first kappa shape index (κ1) is 17.4. The van der Waals surface area contributed by atoms with Crippen LogP contribution in [0, 0.1) is 17.5 Å². The van der Waals surface area contributed by atoms with Gasteiger partial charge >= 0.3 is 0 Å². The number of rotatable bonds is 5. The zero-order chi connectivity index (χ0) is 18.2. The Morgan fingerprint density at radius 1 is 0.960 bits per heavy atom. The van der Waals surface area contributed by atoms with Crippen LogP contribution in [0.4, 0.5) is 18.9 Å². The summed E-state index contributed by atoms with van der Waals surface area (Å²) in [4.78, 5) is 11.5. The summed E-state index contributed by atoms with van der Waals surface area (Å²) in [5.41, 5.74) is -0.156. The minimum Gasteiger partial charge on any atom is -0.322 e. The van der Waals surface area contributed by atoms with Gasteiger partial charge in [-0.1, -0.05) is 0 Å². The van der Waals surface area contributed by atoms with Crippen molar-refractivity contribution >= 4 is 21.6 Å². The Balaban J connectivity index is 1.84. The molecule has 0 heterocycles. The molecule has 3 rings (SSSR count). The van der Waals surface area contributed by atoms with Gasteiger partial charge in [-0.25, -0.2) is 26.3 Å². The Morgan fingerprint density at radius 3 is 2.28 bits per heavy atom. The molecule has 9 heteroatoms. The summed E-state index contributed by atoms with van der Waals surface area (Å²) in [5.74, 6) is -4.04. The minimum absolute atomic E-state index is 0.00676. The summed E-state index contributed by atoms with van der Waals surface area (Å²) in [5, 5.41) is 2.33. The SMILES string of the molecule is O=C(Nc1ccc(F)c(S(=O)(=O)NC2CC2)c1)c1ccc(F)c(F)c1. The number of hydrogen-bond acceptors (Lipinski definition) is 3. The number of nitrogens with one attached hydrogen (secondary N) is 2. The number of hydrogen-bond donors (Lipinski definition) is 2. The van der Waals surface area contributed by atoms with Crippen LogP contribution in [0.25, 0.3) is 0 Å². The Morgan fingerprint density at radius 2 is 1.64 bits per heavy atom. The molecule has 2 N–H and O–H groups in total. The molecule has 1 aliphatic rings. The molecule has 132 valence electrons. The maximum atomic E-state index is 13.9. The van der Waals surface area contributed by atoms with Crippen molar-refractivity contribution in [3.63, 3.8) is 0 Å². The monoisotopic (exact) mass is 370 g/mol. The van der Waals surface area contributed by atoms with Crippen LogP contribution in [0.1, 0.15) is 23.2 Å². The van der Waals surface area contributed by atoms with E-state index in [9.17, 15) is 26.4 Å². The smallest absolute Gasteiger partial charge is 0.255 e. The van der Waals surface area contributed by atoms with Crippen LogP contribution in [-0.2, 0) is 10.0 Å². The average molecular weight is 370 g/mol. The third kappa shape index (κ3) is 3.99. The van der Waals surface area contributed by atoms with Crippen molar-refractivity contribution in [3.05, 3.63) is 59.4 Å². The molecule has 0 bridgehead atoms. The fraction of sp³-hybridized carbons (Fsp3) is 0.188. The Bertz CT molecular complexity index is 944. The first-order chi connectivity index (χ1) is 11.8. The highest BCUT2D eigenvalue weighted by molar-refractivity contribution is 7.89. The molecule has 0 unspecified atom stereocenters. The molecule has 0 saturated heterocycles. The van der Waals surface area contributed by atoms with Gasteiger partial charge in [0.05, 0.1) is 0 Å². The molecule has 0 atom stereocenters. The molecule has 0 aliphatic heterocycles. The van der Waals surface area contributed by atoms with E-state index in [1.54, 1.807) is 0 Å². The van der Waals surface area contributed by atoms with Gasteiger partial charge in [0, 0.05) is 17.3 Å². The molecule has 0 radical (unpaired) electrons. The van der Waals surface area contributed by atoms with E-state index in [2.05, 4.69) is 10.0 Å². The van der Waals surface area contributed by atoms with E-state index >= 15 is 0 Å². The molecular formula is C16H13F3N2O3S. The zero-order valence-corrected chi connectivity index (χ0v) is 13.5. The summed E-state index contributed by atoms with van der Waals surface area (Å²) in [6.45, 7) is 0. The average Bonchev–Trinajstić information content (AvgIpc) is 3.35. The zero-order valence-electron chi connectivity index (χ0n) is 12.7. The number of halogens is 3. The number of amides is 1. The Kier molecular flexibility index (Phi) is 4.53. The molecule has 0 aromatic heterocycles. The molecule has 2 aromatic carbocycles. The fourth-order valence-electron chi connectivity index (χ4n) is 2.11. The van der Waals surface area contributed by atoms with E-state index in [-0.39, 0.29) is 17.3 Å². The van der Waals surface area contributed by atoms with Gasteiger partial charge < -0.3 is 5.32 Å². The molecule has 1 saturated carbocycles. The van der Waals surface area contributed by atoms with E-state index in [0.717, 1.165) is 24.3 Å². The van der Waals surface area contributed by atoms with Crippen molar-refractivity contribution in [1.29, 1.82) is 0 Å². The predicted octanol–water partition coefficient (Wildman–Crippen LogP) is 2.80. The lowest BCUT2D eigenvalue weighted by atomic mass is 10.2. The predicted molar refractivity (Wildman–Crippen MR) is 84.1 cm³/mol. The van der Waals surface area contributed by atoms with E-state index in [1.165, 1.54) is 6.07 Å². The third-order valence-electron chi connectivity index (χ3n) is 3.56. The van der Waals surface area contributed by atoms with Crippen LogP contribution >= 0.6 is 0 Å². The summed E-state index contributed by atoms with van der Waals surface area (Å²) < 4.78 is 66.6. The molecule has 1 amide bonds. The van der Waals surface area contributed by atoms with Crippen molar-refractivity contribution in [2.24, 2.45) is 0 Å². The lowest BCUT2D eigenvalue weighted by molar-refractivity contribution is 0.102. The quantitative estimate of drug-likeness (QED) is 0.850. The van der Waals surface area contributed by atoms with E-state index in [0.29, 0.717) is 18.9 Å². The van der Waals surface area contributed by atoms with Gasteiger partial charge in [-0.05, 0) is 49.2 Å². The summed E-state index contributed by atoms with van der Waals surface area (Å²) in [6, 6.07) is 5.42. The van der Waals surface area contributed by atoms with Crippen LogP contribution < -0.4 is 10.0 Å². The van der Waals surface area contributed by atoms with Crippen LogP contribution in [0.2, 0.25) is 0 Å². The standard InChI is InChI=1S/C16H13F3N2O3S/c17-12-5-1-9(7-14(12)19)16(22)20-11-4-6-13(18)15(8-11)25(23,24)21-10-2-3-10/h1,4-8,10,21H,2-3H2,(H,20,22). The second kappa shape index (κ2) is 6.49. The van der Waals surface area contributed by atoms with Gasteiger partial charge in [0.15, 0.2) is 11.6 Å². The highest BCUT2D eigenvalue weighted by atomic mass is 32.2. The number of carbonyl (C=O) groups excluding carboxylic acids is 1. The second-order valence-electron chi connectivity index (χ2n) is 5.62. The van der Waals surface area contributed by atoms with Crippen LogP contribution in [0.15, 0.2) is 41.3 Å². The molecule has 25 heavy (non-hydrogen) atoms. The molecule has 5 nitrogen and oxygen atoms in total. The van der Waals surface area contributed by atoms with Crippen molar-refractivity contribution in [1.82, 2.24) is 4.72 Å². The lowest BCUT2D eigenvalue weighted by Gasteiger charge is -2.10. The van der Waals surface area contributed by atoms with E-state index < -0.39 is 38.3 Å². The summed E-state index contributed by atoms with van der Waals surface area (Å²) >= 11 is 0. The summed E-state index contributed by atoms with van der Waals surface area (Å²) in [7, 11) is -4.05. The van der Waals surface area contributed by atoms with Crippen LogP contribution in [0.3, 0.4) is 0 Å². The lowest BCUT2D eigenvalue weighted by Crippen LogP contribution is -2.26. The van der Waals surface area contributed by atoms with Gasteiger partial charge in [-0.3, -0.25) is 4.79 Å². The van der Waals surface area contributed by atoms with Gasteiger partial charge in [0.25, 0.3) is 5.91 Å². The number of carbonyl (C=O) groups is 1. The van der Waals surface area contributed by atoms with Crippen LogP contribution in [-0.4, -0.2) is 20.4 Å². The minimum atomic E-state index is -4.05. The van der Waals surface area contributed by atoms with E-state index in [1.807, 2.05) is 0 Å². The van der Waals surface area contributed by atoms with Gasteiger partial charge in [0.1, 0.15) is 10.7 Å². The number of anilines is 1. The Hall–Kier alpha value is -2.39. The van der Waals surface area contributed by atoms with Gasteiger partial charge in [0.2, 0.25) is 10.0 Å². The number of benzene rings is 2. The van der Waals surface area contributed by atoms with Crippen molar-refractivity contribution in [3.8, 4) is 0 Å². The Labute approximate surface area is 141 Å². The topological polar surface area (TPSA) is 75.3 Å². The van der Waals surface area contributed by atoms with Gasteiger partial charge in [-0.2, -0.15) is 0 Å². The second-order valence-corrected chi connectivity index (χ2v) is 7.31.